The summed E-state index contributed by atoms with van der Waals surface area (Å²) in [5.74, 6) is 0. The lowest BCUT2D eigenvalue weighted by molar-refractivity contribution is 0.601. The van der Waals surface area contributed by atoms with Gasteiger partial charge < -0.3 is 0 Å². The van der Waals surface area contributed by atoms with E-state index < -0.39 is 10.0 Å². The van der Waals surface area contributed by atoms with Crippen molar-refractivity contribution in [3.8, 4) is 0 Å². The van der Waals surface area contributed by atoms with Crippen LogP contribution in [0.4, 0.5) is 5.69 Å². The molecule has 3 rings (SSSR count). The van der Waals surface area contributed by atoms with Crippen molar-refractivity contribution in [2.75, 3.05) is 4.72 Å². The first-order valence-electron chi connectivity index (χ1n) is 6.75. The topological polar surface area (TPSA) is 76.9 Å². The van der Waals surface area contributed by atoms with Gasteiger partial charge in [-0.15, -0.1) is 5.10 Å². The molecule has 0 aliphatic heterocycles. The number of hydrogen-bond donors (Lipinski definition) is 1. The summed E-state index contributed by atoms with van der Waals surface area (Å²) in [5.41, 5.74) is 1.15. The summed E-state index contributed by atoms with van der Waals surface area (Å²) in [5, 5.41) is 8.06. The van der Waals surface area contributed by atoms with Gasteiger partial charge in [-0.2, -0.15) is 0 Å². The second-order valence-corrected chi connectivity index (χ2v) is 6.94. The summed E-state index contributed by atoms with van der Waals surface area (Å²) in [7, 11) is -3.69. The van der Waals surface area contributed by atoms with Gasteiger partial charge in [0.25, 0.3) is 10.0 Å². The van der Waals surface area contributed by atoms with Gasteiger partial charge in [-0.3, -0.25) is 4.72 Å². The third-order valence-corrected chi connectivity index (χ3v) is 4.79. The van der Waals surface area contributed by atoms with Crippen LogP contribution in [0.1, 0.15) is 5.56 Å². The number of aromatic nitrogens is 3. The van der Waals surface area contributed by atoms with E-state index in [9.17, 15) is 8.42 Å². The second-order valence-electron chi connectivity index (χ2n) is 4.82. The molecule has 2 aromatic carbocycles. The number of sulfonamides is 1. The minimum absolute atomic E-state index is 0.187. The van der Waals surface area contributed by atoms with Crippen LogP contribution in [-0.4, -0.2) is 23.4 Å². The second kappa shape index (κ2) is 6.39. The van der Waals surface area contributed by atoms with E-state index in [0.717, 1.165) is 5.56 Å². The van der Waals surface area contributed by atoms with E-state index in [2.05, 4.69) is 15.0 Å². The molecule has 0 saturated carbocycles. The minimum Gasteiger partial charge on any atom is -0.279 e. The number of benzene rings is 2. The zero-order valence-electron chi connectivity index (χ0n) is 11.9. The molecule has 0 amide bonds. The Morgan fingerprint density at radius 2 is 1.91 bits per heavy atom. The average Bonchev–Trinajstić information content (AvgIpc) is 3.04. The fraction of sp³-hybridized carbons (Fsp3) is 0.0667. The summed E-state index contributed by atoms with van der Waals surface area (Å²) in [6.07, 6.45) is 3.26. The van der Waals surface area contributed by atoms with Crippen molar-refractivity contribution in [1.82, 2.24) is 15.0 Å². The molecule has 0 atom stereocenters. The standard InChI is InChI=1S/C15H13ClN4O2S/c16-13-7-6-12(11-20-9-8-17-19-20)15(10-13)18-23(21,22)14-4-2-1-3-5-14/h1-10,18H,11H2. The Kier molecular flexibility index (Phi) is 4.31. The zero-order valence-corrected chi connectivity index (χ0v) is 13.5. The Hall–Kier alpha value is -2.38. The summed E-state index contributed by atoms with van der Waals surface area (Å²) in [4.78, 5) is 0.187. The molecule has 8 heteroatoms. The summed E-state index contributed by atoms with van der Waals surface area (Å²) in [6.45, 7) is 0.379. The maximum Gasteiger partial charge on any atom is 0.261 e. The van der Waals surface area contributed by atoms with Crippen LogP contribution in [0.15, 0.2) is 65.8 Å². The van der Waals surface area contributed by atoms with Crippen LogP contribution in [0.3, 0.4) is 0 Å². The smallest absolute Gasteiger partial charge is 0.261 e. The number of nitrogens with zero attached hydrogens (tertiary/aromatic N) is 3. The number of rotatable bonds is 5. The van der Waals surface area contributed by atoms with Crippen molar-refractivity contribution >= 4 is 27.3 Å². The first-order chi connectivity index (χ1) is 11.0. The largest absolute Gasteiger partial charge is 0.279 e. The van der Waals surface area contributed by atoms with E-state index >= 15 is 0 Å². The van der Waals surface area contributed by atoms with Crippen LogP contribution < -0.4 is 4.72 Å². The van der Waals surface area contributed by atoms with Gasteiger partial charge in [0, 0.05) is 11.2 Å². The molecule has 1 aromatic heterocycles. The van der Waals surface area contributed by atoms with E-state index in [1.807, 2.05) is 0 Å². The number of hydrogen-bond acceptors (Lipinski definition) is 4. The van der Waals surface area contributed by atoms with Crippen LogP contribution in [0, 0.1) is 0 Å². The van der Waals surface area contributed by atoms with Crippen molar-refractivity contribution < 1.29 is 8.42 Å². The highest BCUT2D eigenvalue weighted by Crippen LogP contribution is 2.24. The van der Waals surface area contributed by atoms with Gasteiger partial charge in [0.05, 0.1) is 23.3 Å². The molecule has 0 spiro atoms. The van der Waals surface area contributed by atoms with E-state index in [1.54, 1.807) is 53.5 Å². The lowest BCUT2D eigenvalue weighted by Crippen LogP contribution is -2.15. The molecule has 0 bridgehead atoms. The molecule has 23 heavy (non-hydrogen) atoms. The van der Waals surface area contributed by atoms with Crippen LogP contribution in [0.2, 0.25) is 5.02 Å². The van der Waals surface area contributed by atoms with E-state index in [4.69, 9.17) is 11.6 Å². The molecule has 118 valence electrons. The molecule has 0 aliphatic rings. The Bertz CT molecular complexity index is 896. The van der Waals surface area contributed by atoms with Gasteiger partial charge in [0.2, 0.25) is 0 Å². The Morgan fingerprint density at radius 3 is 2.61 bits per heavy atom. The molecule has 6 nitrogen and oxygen atoms in total. The number of nitrogens with one attached hydrogen (secondary N) is 1. The van der Waals surface area contributed by atoms with Gasteiger partial charge in [0.1, 0.15) is 0 Å². The quantitative estimate of drug-likeness (QED) is 0.769. The van der Waals surface area contributed by atoms with Gasteiger partial charge in [0.15, 0.2) is 0 Å². The maximum atomic E-state index is 12.5. The Balaban J connectivity index is 1.94. The molecule has 1 heterocycles. The van der Waals surface area contributed by atoms with Crippen LogP contribution in [0.25, 0.3) is 0 Å². The molecule has 0 fully saturated rings. The summed E-state index contributed by atoms with van der Waals surface area (Å²) < 4.78 is 29.1. The van der Waals surface area contributed by atoms with E-state index in [-0.39, 0.29) is 4.90 Å². The first kappa shape index (κ1) is 15.5. The lowest BCUT2D eigenvalue weighted by atomic mass is 10.2. The molecule has 0 radical (unpaired) electrons. The highest BCUT2D eigenvalue weighted by molar-refractivity contribution is 7.92. The average molecular weight is 349 g/mol. The van der Waals surface area contributed by atoms with Gasteiger partial charge in [-0.1, -0.05) is 41.1 Å². The Labute approximate surface area is 138 Å². The van der Waals surface area contributed by atoms with Crippen molar-refractivity contribution in [3.63, 3.8) is 0 Å². The fourth-order valence-corrected chi connectivity index (χ4v) is 3.36. The minimum atomic E-state index is -3.69. The van der Waals surface area contributed by atoms with Crippen LogP contribution in [0.5, 0.6) is 0 Å². The van der Waals surface area contributed by atoms with Crippen molar-refractivity contribution in [3.05, 3.63) is 71.5 Å². The predicted molar refractivity (Wildman–Crippen MR) is 87.8 cm³/mol. The fourth-order valence-electron chi connectivity index (χ4n) is 2.08. The monoisotopic (exact) mass is 348 g/mol. The normalized spacial score (nSPS) is 11.3. The highest BCUT2D eigenvalue weighted by atomic mass is 35.5. The highest BCUT2D eigenvalue weighted by Gasteiger charge is 2.16. The van der Waals surface area contributed by atoms with Gasteiger partial charge >= 0.3 is 0 Å². The lowest BCUT2D eigenvalue weighted by Gasteiger charge is -2.13. The molecule has 0 unspecified atom stereocenters. The van der Waals surface area contributed by atoms with Crippen molar-refractivity contribution in [1.29, 1.82) is 0 Å². The molecular weight excluding hydrogens is 336 g/mol. The summed E-state index contributed by atoms with van der Waals surface area (Å²) >= 11 is 6.00. The van der Waals surface area contributed by atoms with Crippen molar-refractivity contribution in [2.24, 2.45) is 0 Å². The van der Waals surface area contributed by atoms with Crippen LogP contribution >= 0.6 is 11.6 Å². The molecule has 1 N–H and O–H groups in total. The van der Waals surface area contributed by atoms with E-state index in [0.29, 0.717) is 17.3 Å². The predicted octanol–water partition coefficient (Wildman–Crippen LogP) is 2.78. The first-order valence-corrected chi connectivity index (χ1v) is 8.61. The van der Waals surface area contributed by atoms with Gasteiger partial charge in [-0.05, 0) is 29.8 Å². The summed E-state index contributed by atoms with van der Waals surface area (Å²) in [6, 6.07) is 13.2. The Morgan fingerprint density at radius 1 is 1.13 bits per heavy atom. The van der Waals surface area contributed by atoms with E-state index in [1.165, 1.54) is 12.1 Å². The third-order valence-electron chi connectivity index (χ3n) is 3.17. The third kappa shape index (κ3) is 3.69. The van der Waals surface area contributed by atoms with Crippen LogP contribution in [-0.2, 0) is 16.6 Å². The SMILES string of the molecule is O=S(=O)(Nc1cc(Cl)ccc1Cn1ccnn1)c1ccccc1. The van der Waals surface area contributed by atoms with Gasteiger partial charge in [-0.25, -0.2) is 13.1 Å². The molecule has 0 saturated heterocycles. The number of anilines is 1. The zero-order chi connectivity index (χ0) is 16.3. The maximum absolute atomic E-state index is 12.5. The molecule has 3 aromatic rings. The molecule has 0 aliphatic carbocycles. The number of halogens is 1. The molecular formula is C15H13ClN4O2S. The van der Waals surface area contributed by atoms with Crippen molar-refractivity contribution in [2.45, 2.75) is 11.4 Å².